The normalized spacial score (nSPS) is 20.6. The zero-order chi connectivity index (χ0) is 19.3. The molecule has 5 nitrogen and oxygen atoms in total. The Morgan fingerprint density at radius 3 is 2.12 bits per heavy atom. The first-order chi connectivity index (χ1) is 11.4. The van der Waals surface area contributed by atoms with E-state index in [1.54, 1.807) is 0 Å². The van der Waals surface area contributed by atoms with Gasteiger partial charge in [0.1, 0.15) is 5.60 Å². The summed E-state index contributed by atoms with van der Waals surface area (Å²) in [4.78, 5) is 12.2. The van der Waals surface area contributed by atoms with Gasteiger partial charge in [-0.15, -0.1) is 0 Å². The van der Waals surface area contributed by atoms with E-state index >= 15 is 0 Å². The molecule has 0 aliphatic heterocycles. The highest BCUT2D eigenvalue weighted by Gasteiger charge is 2.32. The smallest absolute Gasteiger partial charge is 0.407 e. The number of carbonyl (C=O) groups is 1. The zero-order valence-corrected chi connectivity index (χ0v) is 17.0. The lowest BCUT2D eigenvalue weighted by atomic mass is 9.81. The Bertz CT molecular complexity index is 405. The van der Waals surface area contributed by atoms with Gasteiger partial charge in [0.15, 0.2) is 0 Å². The number of rotatable bonds is 6. The molecular formula is C20H39NO4. The predicted molar refractivity (Wildman–Crippen MR) is 100 cm³/mol. The summed E-state index contributed by atoms with van der Waals surface area (Å²) in [5.41, 5.74) is -0.877. The van der Waals surface area contributed by atoms with Crippen molar-refractivity contribution in [3.05, 3.63) is 0 Å². The standard InChI is InChI=1S/C20H39NO4/c1-19(2,3)17(23)13-16(22)15(12-14-10-8-7-9-11-14)21-18(24)25-20(4,5)6/h14-17,22-23H,7-13H2,1-6H3,(H,21,24)/t15-,16?,17?/m0/s1. The van der Waals surface area contributed by atoms with E-state index in [0.29, 0.717) is 5.92 Å². The van der Waals surface area contributed by atoms with Gasteiger partial charge in [-0.25, -0.2) is 4.79 Å². The molecule has 1 aliphatic rings. The Kier molecular flexibility index (Phi) is 8.20. The second kappa shape index (κ2) is 9.22. The van der Waals surface area contributed by atoms with Crippen molar-refractivity contribution >= 4 is 6.09 Å². The van der Waals surface area contributed by atoms with Gasteiger partial charge in [-0.1, -0.05) is 52.9 Å². The van der Waals surface area contributed by atoms with Crippen LogP contribution in [0, 0.1) is 11.3 Å². The Balaban J connectivity index is 2.73. The van der Waals surface area contributed by atoms with Crippen molar-refractivity contribution in [2.45, 2.75) is 110 Å². The monoisotopic (exact) mass is 357 g/mol. The summed E-state index contributed by atoms with van der Waals surface area (Å²) in [7, 11) is 0. The summed E-state index contributed by atoms with van der Waals surface area (Å²) in [6.07, 6.45) is 5.04. The van der Waals surface area contributed by atoms with Crippen molar-refractivity contribution in [1.82, 2.24) is 5.32 Å². The van der Waals surface area contributed by atoms with Crippen LogP contribution in [0.3, 0.4) is 0 Å². The van der Waals surface area contributed by atoms with Crippen LogP contribution in [0.2, 0.25) is 0 Å². The number of amides is 1. The van der Waals surface area contributed by atoms with Gasteiger partial charge < -0.3 is 20.3 Å². The lowest BCUT2D eigenvalue weighted by Crippen LogP contribution is -2.48. The number of carbonyl (C=O) groups excluding carboxylic acids is 1. The van der Waals surface area contributed by atoms with Crippen LogP contribution in [-0.4, -0.2) is 40.2 Å². The van der Waals surface area contributed by atoms with Crippen molar-refractivity contribution in [2.75, 3.05) is 0 Å². The predicted octanol–water partition coefficient (Wildman–Crippen LogP) is 4.01. The number of alkyl carbamates (subject to hydrolysis) is 1. The van der Waals surface area contributed by atoms with E-state index in [9.17, 15) is 15.0 Å². The SMILES string of the molecule is CC(C)(C)OC(=O)N[C@@H](CC1CCCCC1)C(O)CC(O)C(C)(C)C. The number of aliphatic hydroxyl groups is 2. The largest absolute Gasteiger partial charge is 0.444 e. The average Bonchev–Trinajstić information content (AvgIpc) is 2.44. The Morgan fingerprint density at radius 2 is 1.64 bits per heavy atom. The molecule has 0 bridgehead atoms. The third kappa shape index (κ3) is 8.91. The first kappa shape index (κ1) is 22.2. The van der Waals surface area contributed by atoms with Crippen LogP contribution in [0.15, 0.2) is 0 Å². The molecular weight excluding hydrogens is 318 g/mol. The maximum absolute atomic E-state index is 12.2. The molecule has 0 saturated heterocycles. The van der Waals surface area contributed by atoms with Crippen LogP contribution in [0.1, 0.15) is 86.5 Å². The Morgan fingerprint density at radius 1 is 1.08 bits per heavy atom. The van der Waals surface area contributed by atoms with E-state index in [0.717, 1.165) is 19.3 Å². The lowest BCUT2D eigenvalue weighted by Gasteiger charge is -2.34. The van der Waals surface area contributed by atoms with Crippen LogP contribution < -0.4 is 5.32 Å². The molecule has 148 valence electrons. The third-order valence-corrected chi connectivity index (χ3v) is 4.94. The zero-order valence-electron chi connectivity index (χ0n) is 17.0. The summed E-state index contributed by atoms with van der Waals surface area (Å²) in [5.74, 6) is 0.509. The molecule has 25 heavy (non-hydrogen) atoms. The van der Waals surface area contributed by atoms with Gasteiger partial charge in [-0.05, 0) is 38.5 Å². The highest BCUT2D eigenvalue weighted by Crippen LogP contribution is 2.30. The van der Waals surface area contributed by atoms with Crippen molar-refractivity contribution in [3.8, 4) is 0 Å². The summed E-state index contributed by atoms with van der Waals surface area (Å²) < 4.78 is 5.36. The van der Waals surface area contributed by atoms with Crippen LogP contribution in [-0.2, 0) is 4.74 Å². The molecule has 1 fully saturated rings. The minimum atomic E-state index is -0.788. The minimum Gasteiger partial charge on any atom is -0.444 e. The molecule has 0 heterocycles. The molecule has 1 aliphatic carbocycles. The first-order valence-corrected chi connectivity index (χ1v) is 9.74. The van der Waals surface area contributed by atoms with E-state index < -0.39 is 29.9 Å². The fourth-order valence-electron chi connectivity index (χ4n) is 3.30. The molecule has 0 spiro atoms. The number of ether oxygens (including phenoxy) is 1. The van der Waals surface area contributed by atoms with Crippen molar-refractivity contribution in [2.24, 2.45) is 11.3 Å². The topological polar surface area (TPSA) is 78.8 Å². The number of aliphatic hydroxyl groups excluding tert-OH is 2. The van der Waals surface area contributed by atoms with Gasteiger partial charge in [0.2, 0.25) is 0 Å². The Hall–Kier alpha value is -0.810. The van der Waals surface area contributed by atoms with Crippen molar-refractivity contribution < 1.29 is 19.7 Å². The highest BCUT2D eigenvalue weighted by molar-refractivity contribution is 5.68. The molecule has 0 aromatic heterocycles. The number of hydrogen-bond acceptors (Lipinski definition) is 4. The molecule has 0 radical (unpaired) electrons. The summed E-state index contributed by atoms with van der Waals surface area (Å²) in [6, 6.07) is -0.394. The minimum absolute atomic E-state index is 0.247. The number of hydrogen-bond donors (Lipinski definition) is 3. The molecule has 0 aromatic carbocycles. The molecule has 1 saturated carbocycles. The number of nitrogens with one attached hydrogen (secondary N) is 1. The van der Waals surface area contributed by atoms with Gasteiger partial charge in [0.05, 0.1) is 18.2 Å². The van der Waals surface area contributed by atoms with Gasteiger partial charge in [-0.2, -0.15) is 0 Å². The Labute approximate surface area is 153 Å². The van der Waals surface area contributed by atoms with E-state index in [2.05, 4.69) is 5.32 Å². The fraction of sp³-hybridized carbons (Fsp3) is 0.950. The summed E-state index contributed by atoms with van der Waals surface area (Å²) in [6.45, 7) is 11.3. The van der Waals surface area contributed by atoms with E-state index in [1.807, 2.05) is 41.5 Å². The third-order valence-electron chi connectivity index (χ3n) is 4.94. The summed E-state index contributed by atoms with van der Waals surface area (Å²) in [5, 5.41) is 23.9. The van der Waals surface area contributed by atoms with Crippen LogP contribution in [0.4, 0.5) is 4.79 Å². The molecule has 3 N–H and O–H groups in total. The van der Waals surface area contributed by atoms with Crippen molar-refractivity contribution in [3.63, 3.8) is 0 Å². The quantitative estimate of drug-likeness (QED) is 0.671. The molecule has 2 unspecified atom stereocenters. The summed E-state index contributed by atoms with van der Waals surface area (Å²) >= 11 is 0. The molecule has 3 atom stereocenters. The molecule has 1 amide bonds. The van der Waals surface area contributed by atoms with Crippen molar-refractivity contribution in [1.29, 1.82) is 0 Å². The first-order valence-electron chi connectivity index (χ1n) is 9.74. The average molecular weight is 358 g/mol. The van der Waals surface area contributed by atoms with E-state index in [-0.39, 0.29) is 11.8 Å². The molecule has 5 heteroatoms. The van der Waals surface area contributed by atoms with Gasteiger partial charge in [-0.3, -0.25) is 0 Å². The fourth-order valence-corrected chi connectivity index (χ4v) is 3.30. The van der Waals surface area contributed by atoms with Gasteiger partial charge in [0.25, 0.3) is 0 Å². The highest BCUT2D eigenvalue weighted by atomic mass is 16.6. The second-order valence-corrected chi connectivity index (χ2v) is 9.68. The van der Waals surface area contributed by atoms with Crippen LogP contribution in [0.5, 0.6) is 0 Å². The van der Waals surface area contributed by atoms with Gasteiger partial charge in [0, 0.05) is 6.42 Å². The maximum atomic E-state index is 12.2. The maximum Gasteiger partial charge on any atom is 0.407 e. The second-order valence-electron chi connectivity index (χ2n) is 9.68. The van der Waals surface area contributed by atoms with Crippen LogP contribution >= 0.6 is 0 Å². The van der Waals surface area contributed by atoms with Crippen LogP contribution in [0.25, 0.3) is 0 Å². The van der Waals surface area contributed by atoms with E-state index in [1.165, 1.54) is 19.3 Å². The van der Waals surface area contributed by atoms with E-state index in [4.69, 9.17) is 4.74 Å². The lowest BCUT2D eigenvalue weighted by molar-refractivity contribution is -0.00602. The molecule has 1 rings (SSSR count). The van der Waals surface area contributed by atoms with Gasteiger partial charge >= 0.3 is 6.09 Å². The molecule has 0 aromatic rings.